The molecule has 0 amide bonds. The molecule has 0 aliphatic heterocycles. The van der Waals surface area contributed by atoms with Crippen LogP contribution < -0.4 is 0 Å². The van der Waals surface area contributed by atoms with Crippen LogP contribution in [0.1, 0.15) is 54.0 Å². The van der Waals surface area contributed by atoms with Gasteiger partial charge in [0.1, 0.15) is 0 Å². The second-order valence-corrected chi connectivity index (χ2v) is 6.88. The Morgan fingerprint density at radius 1 is 0.560 bits per heavy atom. The fourth-order valence-electron chi connectivity index (χ4n) is 3.41. The van der Waals surface area contributed by atoms with Crippen molar-refractivity contribution >= 4 is 0 Å². The van der Waals surface area contributed by atoms with Gasteiger partial charge in [-0.15, -0.1) is 0 Å². The van der Waals surface area contributed by atoms with Crippen LogP contribution in [-0.4, -0.2) is 0 Å². The van der Waals surface area contributed by atoms with Crippen LogP contribution in [0.2, 0.25) is 0 Å². The number of benzene rings is 3. The van der Waals surface area contributed by atoms with E-state index < -0.39 is 0 Å². The van der Waals surface area contributed by atoms with Crippen LogP contribution in [-0.2, 0) is 19.3 Å². The van der Waals surface area contributed by atoms with Gasteiger partial charge in [-0.3, -0.25) is 0 Å². The maximum absolute atomic E-state index is 2.45. The zero-order chi connectivity index (χ0) is 17.3. The Hall–Kier alpha value is -2.34. The predicted octanol–water partition coefficient (Wildman–Crippen LogP) is 6.60. The van der Waals surface area contributed by atoms with Gasteiger partial charge in [-0.1, -0.05) is 98.6 Å². The second kappa shape index (κ2) is 9.22. The Morgan fingerprint density at radius 2 is 1.20 bits per heavy atom. The molecule has 0 bridgehead atoms. The van der Waals surface area contributed by atoms with Crippen LogP contribution in [0, 0.1) is 0 Å². The third kappa shape index (κ3) is 5.32. The molecule has 0 saturated carbocycles. The van der Waals surface area contributed by atoms with Crippen molar-refractivity contribution in [2.45, 2.75) is 45.4 Å². The average molecular weight is 328 g/mol. The van der Waals surface area contributed by atoms with Crippen molar-refractivity contribution in [3.05, 3.63) is 107 Å². The summed E-state index contributed by atoms with van der Waals surface area (Å²) in [6.07, 6.45) is 7.12. The van der Waals surface area contributed by atoms with Crippen LogP contribution >= 0.6 is 0 Å². The van der Waals surface area contributed by atoms with Crippen LogP contribution in [0.4, 0.5) is 0 Å². The lowest BCUT2D eigenvalue weighted by Gasteiger charge is -2.13. The monoisotopic (exact) mass is 328 g/mol. The highest BCUT2D eigenvalue weighted by molar-refractivity contribution is 5.38. The zero-order valence-corrected chi connectivity index (χ0v) is 15.2. The summed E-state index contributed by atoms with van der Waals surface area (Å²) in [4.78, 5) is 0. The normalized spacial score (nSPS) is 10.8. The van der Waals surface area contributed by atoms with Gasteiger partial charge in [0.05, 0.1) is 0 Å². The van der Waals surface area contributed by atoms with Gasteiger partial charge in [-0.2, -0.15) is 0 Å². The smallest absolute Gasteiger partial charge is 0.00230 e. The summed E-state index contributed by atoms with van der Waals surface area (Å²) >= 11 is 0. The van der Waals surface area contributed by atoms with E-state index in [-0.39, 0.29) is 0 Å². The van der Waals surface area contributed by atoms with Gasteiger partial charge in [0.2, 0.25) is 0 Å². The summed E-state index contributed by atoms with van der Waals surface area (Å²) in [7, 11) is 0. The van der Waals surface area contributed by atoms with Crippen molar-refractivity contribution < 1.29 is 0 Å². The van der Waals surface area contributed by atoms with E-state index >= 15 is 0 Å². The molecule has 0 nitrogen and oxygen atoms in total. The molecule has 0 radical (unpaired) electrons. The second-order valence-electron chi connectivity index (χ2n) is 6.88. The number of hydrogen-bond acceptors (Lipinski definition) is 0. The fraction of sp³-hybridized carbons (Fsp3) is 0.280. The van der Waals surface area contributed by atoms with Crippen LogP contribution in [0.3, 0.4) is 0 Å². The van der Waals surface area contributed by atoms with E-state index in [1.807, 2.05) is 0 Å². The number of aryl methyl sites for hydroxylation is 1. The van der Waals surface area contributed by atoms with E-state index in [9.17, 15) is 0 Å². The quantitative estimate of drug-likeness (QED) is 0.409. The molecule has 3 rings (SSSR count). The minimum atomic E-state index is 1.02. The molecule has 0 heterocycles. The van der Waals surface area contributed by atoms with Crippen molar-refractivity contribution in [1.82, 2.24) is 0 Å². The first kappa shape index (κ1) is 17.5. The molecule has 0 spiro atoms. The van der Waals surface area contributed by atoms with Crippen LogP contribution in [0.25, 0.3) is 0 Å². The summed E-state index contributed by atoms with van der Waals surface area (Å²) in [5, 5.41) is 0. The SMILES string of the molecule is CCCCCc1cc(Cc2ccccc2)ccc1Cc1ccccc1. The highest BCUT2D eigenvalue weighted by Crippen LogP contribution is 2.21. The standard InChI is InChI=1S/C25H28/c1-2-3-6-15-24-20-23(18-21-11-7-4-8-12-21)16-17-25(24)19-22-13-9-5-10-14-22/h4-5,7-14,16-17,20H,2-3,6,15,18-19H2,1H3. The third-order valence-corrected chi connectivity index (χ3v) is 4.81. The Labute approximate surface area is 152 Å². The van der Waals surface area contributed by atoms with E-state index in [0.717, 1.165) is 12.8 Å². The molecule has 0 atom stereocenters. The number of rotatable bonds is 8. The molecular weight excluding hydrogens is 300 g/mol. The van der Waals surface area contributed by atoms with Crippen molar-refractivity contribution in [2.75, 3.05) is 0 Å². The molecule has 0 aromatic heterocycles. The summed E-state index contributed by atoms with van der Waals surface area (Å²) in [5.41, 5.74) is 7.23. The first-order valence-electron chi connectivity index (χ1n) is 9.53. The van der Waals surface area contributed by atoms with Crippen LogP contribution in [0.5, 0.6) is 0 Å². The minimum absolute atomic E-state index is 1.02. The highest BCUT2D eigenvalue weighted by atomic mass is 14.1. The summed E-state index contributed by atoms with van der Waals surface area (Å²) < 4.78 is 0. The molecule has 0 saturated heterocycles. The average Bonchev–Trinajstić information content (AvgIpc) is 2.66. The molecule has 0 unspecified atom stereocenters. The van der Waals surface area contributed by atoms with E-state index in [4.69, 9.17) is 0 Å². The molecule has 0 N–H and O–H groups in total. The van der Waals surface area contributed by atoms with Gasteiger partial charge >= 0.3 is 0 Å². The van der Waals surface area contributed by atoms with Crippen molar-refractivity contribution in [3.8, 4) is 0 Å². The summed E-state index contributed by atoms with van der Waals surface area (Å²) in [6, 6.07) is 28.7. The van der Waals surface area contributed by atoms with Crippen molar-refractivity contribution in [3.63, 3.8) is 0 Å². The lowest BCUT2D eigenvalue weighted by atomic mass is 9.92. The zero-order valence-electron chi connectivity index (χ0n) is 15.2. The Bertz CT molecular complexity index is 757. The van der Waals surface area contributed by atoms with E-state index in [0.29, 0.717) is 0 Å². The van der Waals surface area contributed by atoms with Crippen LogP contribution in [0.15, 0.2) is 78.9 Å². The van der Waals surface area contributed by atoms with Crippen molar-refractivity contribution in [2.24, 2.45) is 0 Å². The Balaban J connectivity index is 1.81. The molecule has 0 aliphatic carbocycles. The summed E-state index contributed by atoms with van der Waals surface area (Å²) in [6.45, 7) is 2.27. The Kier molecular flexibility index (Phi) is 6.45. The van der Waals surface area contributed by atoms with Gasteiger partial charge in [0.25, 0.3) is 0 Å². The molecule has 3 aromatic rings. The lowest BCUT2D eigenvalue weighted by molar-refractivity contribution is 0.713. The first-order valence-corrected chi connectivity index (χ1v) is 9.53. The predicted molar refractivity (Wildman–Crippen MR) is 108 cm³/mol. The molecule has 0 fully saturated rings. The number of hydrogen-bond donors (Lipinski definition) is 0. The van der Waals surface area contributed by atoms with E-state index in [1.54, 1.807) is 0 Å². The topological polar surface area (TPSA) is 0 Å². The van der Waals surface area contributed by atoms with Gasteiger partial charge in [0.15, 0.2) is 0 Å². The maximum atomic E-state index is 2.45. The van der Waals surface area contributed by atoms with E-state index in [1.165, 1.54) is 53.5 Å². The molecule has 0 heteroatoms. The minimum Gasteiger partial charge on any atom is -0.0654 e. The van der Waals surface area contributed by atoms with Gasteiger partial charge in [-0.05, 0) is 53.5 Å². The van der Waals surface area contributed by atoms with Gasteiger partial charge in [-0.25, -0.2) is 0 Å². The lowest BCUT2D eigenvalue weighted by Crippen LogP contribution is -1.99. The summed E-state index contributed by atoms with van der Waals surface area (Å²) in [5.74, 6) is 0. The first-order chi connectivity index (χ1) is 12.3. The van der Waals surface area contributed by atoms with Crippen molar-refractivity contribution in [1.29, 1.82) is 0 Å². The third-order valence-electron chi connectivity index (χ3n) is 4.81. The Morgan fingerprint density at radius 3 is 1.84 bits per heavy atom. The highest BCUT2D eigenvalue weighted by Gasteiger charge is 2.06. The molecular formula is C25H28. The largest absolute Gasteiger partial charge is 0.0654 e. The van der Waals surface area contributed by atoms with E-state index in [2.05, 4.69) is 85.8 Å². The molecule has 25 heavy (non-hydrogen) atoms. The molecule has 0 aliphatic rings. The maximum Gasteiger partial charge on any atom is -0.00230 e. The molecule has 128 valence electrons. The van der Waals surface area contributed by atoms with Gasteiger partial charge in [0, 0.05) is 0 Å². The van der Waals surface area contributed by atoms with Gasteiger partial charge < -0.3 is 0 Å². The fourth-order valence-corrected chi connectivity index (χ4v) is 3.41. The number of unbranched alkanes of at least 4 members (excludes halogenated alkanes) is 2. The molecule has 3 aromatic carbocycles.